The highest BCUT2D eigenvalue weighted by Crippen LogP contribution is 2.53. The molecule has 0 bridgehead atoms. The summed E-state index contributed by atoms with van der Waals surface area (Å²) in [7, 11) is 0. The molecular formula is C18H15F3O. The van der Waals surface area contributed by atoms with Crippen molar-refractivity contribution in [3.05, 3.63) is 70.8 Å². The molecule has 1 spiro atoms. The second-order valence-corrected chi connectivity index (χ2v) is 6.20. The summed E-state index contributed by atoms with van der Waals surface area (Å²) in [6, 6.07) is 13.8. The van der Waals surface area contributed by atoms with Crippen LogP contribution < -0.4 is 0 Å². The molecule has 22 heavy (non-hydrogen) atoms. The van der Waals surface area contributed by atoms with E-state index in [1.54, 1.807) is 12.1 Å². The highest BCUT2D eigenvalue weighted by atomic mass is 19.4. The minimum absolute atomic E-state index is 0.0973. The number of rotatable bonds is 1. The van der Waals surface area contributed by atoms with Crippen molar-refractivity contribution in [2.45, 2.75) is 23.9 Å². The Morgan fingerprint density at radius 3 is 2.18 bits per heavy atom. The van der Waals surface area contributed by atoms with Crippen molar-refractivity contribution in [3.8, 4) is 0 Å². The molecule has 0 radical (unpaired) electrons. The summed E-state index contributed by atoms with van der Waals surface area (Å²) in [6.45, 7) is 1.21. The minimum Gasteiger partial charge on any atom is -0.379 e. The smallest absolute Gasteiger partial charge is 0.379 e. The van der Waals surface area contributed by atoms with Crippen molar-refractivity contribution in [2.24, 2.45) is 0 Å². The Labute approximate surface area is 126 Å². The Bertz CT molecular complexity index is 716. The zero-order valence-corrected chi connectivity index (χ0v) is 11.9. The molecule has 0 N–H and O–H groups in total. The average molecular weight is 304 g/mol. The van der Waals surface area contributed by atoms with Gasteiger partial charge in [-0.05, 0) is 29.2 Å². The summed E-state index contributed by atoms with van der Waals surface area (Å²) >= 11 is 0. The first-order valence-corrected chi connectivity index (χ1v) is 7.35. The summed E-state index contributed by atoms with van der Waals surface area (Å²) in [5.74, 6) is -0.210. The number of hydrogen-bond acceptors (Lipinski definition) is 1. The largest absolute Gasteiger partial charge is 0.416 e. The molecule has 114 valence electrons. The number of ether oxygens (including phenoxy) is 1. The fourth-order valence-corrected chi connectivity index (χ4v) is 3.85. The molecule has 1 unspecified atom stereocenters. The van der Waals surface area contributed by atoms with E-state index in [4.69, 9.17) is 4.74 Å². The van der Waals surface area contributed by atoms with Gasteiger partial charge in [-0.2, -0.15) is 13.2 Å². The molecule has 1 aliphatic heterocycles. The third-order valence-corrected chi connectivity index (χ3v) is 4.90. The standard InChI is InChI=1S/C18H15F3O/c19-18(20,21)16-8-4-2-6-13(16)14-9-17(10-22-11-17)15-7-3-1-5-12(14)15/h1-8,14H,9-11H2. The summed E-state index contributed by atoms with van der Waals surface area (Å²) in [5, 5.41) is 0. The van der Waals surface area contributed by atoms with Gasteiger partial charge in [0.15, 0.2) is 0 Å². The van der Waals surface area contributed by atoms with Gasteiger partial charge in [-0.15, -0.1) is 0 Å². The second kappa shape index (κ2) is 4.59. The SMILES string of the molecule is FC(F)(F)c1ccccc1C1CC2(COC2)c2ccccc21. The summed E-state index contributed by atoms with van der Waals surface area (Å²) in [4.78, 5) is 0. The van der Waals surface area contributed by atoms with Crippen molar-refractivity contribution < 1.29 is 17.9 Å². The van der Waals surface area contributed by atoms with E-state index < -0.39 is 11.7 Å². The van der Waals surface area contributed by atoms with Crippen LogP contribution in [0.15, 0.2) is 48.5 Å². The molecule has 1 atom stereocenters. The summed E-state index contributed by atoms with van der Waals surface area (Å²) in [6.07, 6.45) is -3.63. The molecule has 0 amide bonds. The van der Waals surface area contributed by atoms with E-state index in [0.717, 1.165) is 11.1 Å². The van der Waals surface area contributed by atoms with Crippen LogP contribution in [0, 0.1) is 0 Å². The maximum absolute atomic E-state index is 13.3. The Balaban J connectivity index is 1.86. The predicted molar refractivity (Wildman–Crippen MR) is 76.8 cm³/mol. The summed E-state index contributed by atoms with van der Waals surface area (Å²) < 4.78 is 45.4. The predicted octanol–water partition coefficient (Wildman–Crippen LogP) is 4.51. The van der Waals surface area contributed by atoms with Gasteiger partial charge in [-0.3, -0.25) is 0 Å². The minimum atomic E-state index is -4.32. The van der Waals surface area contributed by atoms with Crippen LogP contribution >= 0.6 is 0 Å². The molecule has 1 saturated heterocycles. The van der Waals surface area contributed by atoms with Crippen LogP contribution in [0.5, 0.6) is 0 Å². The van der Waals surface area contributed by atoms with Gasteiger partial charge in [0.1, 0.15) is 0 Å². The van der Waals surface area contributed by atoms with Crippen LogP contribution in [0.25, 0.3) is 0 Å². The molecule has 2 aromatic rings. The van der Waals surface area contributed by atoms with E-state index in [1.165, 1.54) is 12.1 Å². The fraction of sp³-hybridized carbons (Fsp3) is 0.333. The lowest BCUT2D eigenvalue weighted by Crippen LogP contribution is -2.45. The topological polar surface area (TPSA) is 9.23 Å². The van der Waals surface area contributed by atoms with Gasteiger partial charge in [0.2, 0.25) is 0 Å². The normalized spacial score (nSPS) is 22.4. The first-order valence-electron chi connectivity index (χ1n) is 7.35. The van der Waals surface area contributed by atoms with Crippen LogP contribution in [0.2, 0.25) is 0 Å². The third-order valence-electron chi connectivity index (χ3n) is 4.90. The van der Waals surface area contributed by atoms with E-state index in [2.05, 4.69) is 0 Å². The van der Waals surface area contributed by atoms with Crippen LogP contribution in [0.3, 0.4) is 0 Å². The molecule has 4 heteroatoms. The van der Waals surface area contributed by atoms with Crippen LogP contribution in [0.4, 0.5) is 13.2 Å². The average Bonchev–Trinajstić information content (AvgIpc) is 2.82. The lowest BCUT2D eigenvalue weighted by atomic mass is 9.78. The molecule has 0 aromatic heterocycles. The Kier molecular flexibility index (Phi) is 2.89. The monoisotopic (exact) mass is 304 g/mol. The highest BCUT2D eigenvalue weighted by molar-refractivity contribution is 5.51. The van der Waals surface area contributed by atoms with E-state index in [0.29, 0.717) is 25.2 Å². The maximum atomic E-state index is 13.3. The number of fused-ring (bicyclic) bond motifs is 2. The Morgan fingerprint density at radius 1 is 0.909 bits per heavy atom. The molecular weight excluding hydrogens is 289 g/mol. The lowest BCUT2D eigenvalue weighted by Gasteiger charge is -2.39. The molecule has 2 aromatic carbocycles. The molecule has 4 rings (SSSR count). The third kappa shape index (κ3) is 1.90. The molecule has 1 fully saturated rings. The van der Waals surface area contributed by atoms with Crippen LogP contribution in [0.1, 0.15) is 34.6 Å². The number of halogens is 3. The van der Waals surface area contributed by atoms with Gasteiger partial charge in [-0.25, -0.2) is 0 Å². The first-order chi connectivity index (χ1) is 10.5. The van der Waals surface area contributed by atoms with Gasteiger partial charge >= 0.3 is 6.18 Å². The fourth-order valence-electron chi connectivity index (χ4n) is 3.85. The summed E-state index contributed by atoms with van der Waals surface area (Å²) in [5.41, 5.74) is 1.93. The molecule has 1 heterocycles. The van der Waals surface area contributed by atoms with Gasteiger partial charge in [0.05, 0.1) is 18.8 Å². The van der Waals surface area contributed by atoms with E-state index in [1.807, 2.05) is 24.3 Å². The van der Waals surface area contributed by atoms with Crippen LogP contribution in [-0.4, -0.2) is 13.2 Å². The van der Waals surface area contributed by atoms with Crippen molar-refractivity contribution in [3.63, 3.8) is 0 Å². The highest BCUT2D eigenvalue weighted by Gasteiger charge is 2.50. The van der Waals surface area contributed by atoms with Crippen molar-refractivity contribution in [2.75, 3.05) is 13.2 Å². The number of alkyl halides is 3. The van der Waals surface area contributed by atoms with Gasteiger partial charge < -0.3 is 4.74 Å². The number of hydrogen-bond donors (Lipinski definition) is 0. The Hall–Kier alpha value is -1.81. The van der Waals surface area contributed by atoms with Crippen LogP contribution in [-0.2, 0) is 16.3 Å². The van der Waals surface area contributed by atoms with Crippen molar-refractivity contribution in [1.82, 2.24) is 0 Å². The lowest BCUT2D eigenvalue weighted by molar-refractivity contribution is -0.138. The second-order valence-electron chi connectivity index (χ2n) is 6.20. The number of benzene rings is 2. The van der Waals surface area contributed by atoms with E-state index in [9.17, 15) is 13.2 Å². The molecule has 2 aliphatic rings. The first kappa shape index (κ1) is 13.8. The quantitative estimate of drug-likeness (QED) is 0.753. The van der Waals surface area contributed by atoms with Gasteiger partial charge in [-0.1, -0.05) is 42.5 Å². The molecule has 1 nitrogen and oxygen atoms in total. The zero-order chi connectivity index (χ0) is 15.4. The zero-order valence-electron chi connectivity index (χ0n) is 11.9. The van der Waals surface area contributed by atoms with E-state index in [-0.39, 0.29) is 11.3 Å². The van der Waals surface area contributed by atoms with Gasteiger partial charge in [0.25, 0.3) is 0 Å². The molecule has 0 saturated carbocycles. The van der Waals surface area contributed by atoms with E-state index >= 15 is 0 Å². The van der Waals surface area contributed by atoms with Crippen molar-refractivity contribution in [1.29, 1.82) is 0 Å². The van der Waals surface area contributed by atoms with Gasteiger partial charge in [0, 0.05) is 11.3 Å². The Morgan fingerprint density at radius 2 is 1.55 bits per heavy atom. The van der Waals surface area contributed by atoms with Crippen molar-refractivity contribution >= 4 is 0 Å². The maximum Gasteiger partial charge on any atom is 0.416 e. The molecule has 1 aliphatic carbocycles.